The number of hydrogen-bond donors (Lipinski definition) is 0. The van der Waals surface area contributed by atoms with Crippen molar-refractivity contribution in [1.82, 2.24) is 0 Å². The van der Waals surface area contributed by atoms with Crippen molar-refractivity contribution in [2.45, 2.75) is 6.36 Å². The molecule has 2 aromatic carbocycles. The van der Waals surface area contributed by atoms with Gasteiger partial charge in [0, 0.05) is 10.6 Å². The van der Waals surface area contributed by atoms with E-state index in [4.69, 9.17) is 16.9 Å². The number of hydrogen-bond acceptors (Lipinski definition) is 2. The van der Waals surface area contributed by atoms with E-state index in [1.54, 1.807) is 6.07 Å². The van der Waals surface area contributed by atoms with Crippen LogP contribution in [0.3, 0.4) is 0 Å². The number of halogens is 4. The molecule has 2 aromatic rings. The highest BCUT2D eigenvalue weighted by Gasteiger charge is 2.31. The summed E-state index contributed by atoms with van der Waals surface area (Å²) < 4.78 is 40.4. The van der Waals surface area contributed by atoms with E-state index >= 15 is 0 Å². The molecule has 0 aliphatic rings. The molecule has 2 nitrogen and oxygen atoms in total. The summed E-state index contributed by atoms with van der Waals surface area (Å²) in [5, 5.41) is 9.18. The van der Waals surface area contributed by atoms with Gasteiger partial charge in [0.15, 0.2) is 0 Å². The van der Waals surface area contributed by atoms with E-state index in [-0.39, 0.29) is 5.75 Å². The summed E-state index contributed by atoms with van der Waals surface area (Å²) >= 11 is 6.00. The van der Waals surface area contributed by atoms with Gasteiger partial charge < -0.3 is 4.74 Å². The minimum Gasteiger partial charge on any atom is -0.406 e. The van der Waals surface area contributed by atoms with Crippen LogP contribution in [0.15, 0.2) is 42.5 Å². The van der Waals surface area contributed by atoms with Gasteiger partial charge in [-0.05, 0) is 35.9 Å². The van der Waals surface area contributed by atoms with Gasteiger partial charge >= 0.3 is 6.36 Å². The quantitative estimate of drug-likeness (QED) is 0.799. The fourth-order valence-electron chi connectivity index (χ4n) is 1.68. The molecule has 0 bridgehead atoms. The smallest absolute Gasteiger partial charge is 0.406 e. The topological polar surface area (TPSA) is 33.0 Å². The molecule has 0 amide bonds. The average molecular weight is 298 g/mol. The van der Waals surface area contributed by atoms with Gasteiger partial charge in [-0.25, -0.2) is 0 Å². The minimum atomic E-state index is -4.75. The molecule has 0 saturated heterocycles. The van der Waals surface area contributed by atoms with Crippen molar-refractivity contribution in [2.24, 2.45) is 0 Å². The average Bonchev–Trinajstić information content (AvgIpc) is 2.37. The van der Waals surface area contributed by atoms with Crippen LogP contribution in [0.1, 0.15) is 5.56 Å². The lowest BCUT2D eigenvalue weighted by atomic mass is 10.0. The molecule has 20 heavy (non-hydrogen) atoms. The van der Waals surface area contributed by atoms with Crippen molar-refractivity contribution < 1.29 is 17.9 Å². The maximum absolute atomic E-state index is 12.2. The van der Waals surface area contributed by atoms with Crippen LogP contribution in [0.4, 0.5) is 13.2 Å². The summed E-state index contributed by atoms with van der Waals surface area (Å²) in [6.07, 6.45) is -4.75. The first-order valence-corrected chi connectivity index (χ1v) is 5.83. The second-order valence-electron chi connectivity index (χ2n) is 3.88. The lowest BCUT2D eigenvalue weighted by Crippen LogP contribution is -2.17. The van der Waals surface area contributed by atoms with Gasteiger partial charge in [-0.15, -0.1) is 13.2 Å². The van der Waals surface area contributed by atoms with Crippen molar-refractivity contribution in [3.8, 4) is 22.9 Å². The lowest BCUT2D eigenvalue weighted by molar-refractivity contribution is -0.274. The SMILES string of the molecule is N#Cc1ccc(Cl)c(-c2cccc(OC(F)(F)F)c2)c1. The van der Waals surface area contributed by atoms with E-state index in [2.05, 4.69) is 4.74 Å². The third kappa shape index (κ3) is 3.43. The second kappa shape index (κ2) is 5.43. The van der Waals surface area contributed by atoms with Crippen LogP contribution < -0.4 is 4.74 Å². The molecule has 0 aliphatic carbocycles. The predicted octanol–water partition coefficient (Wildman–Crippen LogP) is 4.78. The normalized spacial score (nSPS) is 10.9. The van der Waals surface area contributed by atoms with Crippen molar-refractivity contribution in [3.63, 3.8) is 0 Å². The summed E-state index contributed by atoms with van der Waals surface area (Å²) in [6.45, 7) is 0. The number of nitrogens with zero attached hydrogens (tertiary/aromatic N) is 1. The molecule has 0 N–H and O–H groups in total. The first kappa shape index (κ1) is 14.2. The Morgan fingerprint density at radius 2 is 1.85 bits per heavy atom. The van der Waals surface area contributed by atoms with Crippen LogP contribution in [-0.2, 0) is 0 Å². The van der Waals surface area contributed by atoms with Crippen molar-refractivity contribution in [2.75, 3.05) is 0 Å². The molecule has 0 atom stereocenters. The Bertz CT molecular complexity index is 677. The number of alkyl halides is 3. The van der Waals surface area contributed by atoms with Gasteiger partial charge in [-0.3, -0.25) is 0 Å². The summed E-state index contributed by atoms with van der Waals surface area (Å²) in [4.78, 5) is 0. The van der Waals surface area contributed by atoms with Gasteiger partial charge in [0.1, 0.15) is 5.75 Å². The van der Waals surface area contributed by atoms with Crippen molar-refractivity contribution >= 4 is 11.6 Å². The van der Waals surface area contributed by atoms with Gasteiger partial charge in [-0.2, -0.15) is 5.26 Å². The number of nitriles is 1. The van der Waals surface area contributed by atoms with Gasteiger partial charge in [-0.1, -0.05) is 23.7 Å². The Balaban J connectivity index is 2.44. The molecular formula is C14H7ClF3NO. The van der Waals surface area contributed by atoms with Crippen LogP contribution in [0.5, 0.6) is 5.75 Å². The maximum Gasteiger partial charge on any atom is 0.573 e. The van der Waals surface area contributed by atoms with E-state index < -0.39 is 6.36 Å². The highest BCUT2D eigenvalue weighted by atomic mass is 35.5. The molecule has 0 radical (unpaired) electrons. The highest BCUT2D eigenvalue weighted by molar-refractivity contribution is 6.33. The third-order valence-electron chi connectivity index (χ3n) is 2.47. The molecular weight excluding hydrogens is 291 g/mol. The van der Waals surface area contributed by atoms with E-state index in [0.29, 0.717) is 21.7 Å². The van der Waals surface area contributed by atoms with E-state index in [9.17, 15) is 13.2 Å². The Morgan fingerprint density at radius 1 is 1.10 bits per heavy atom. The molecule has 0 unspecified atom stereocenters. The molecule has 0 aromatic heterocycles. The van der Waals surface area contributed by atoms with Crippen LogP contribution in [0, 0.1) is 11.3 Å². The van der Waals surface area contributed by atoms with E-state index in [1.807, 2.05) is 6.07 Å². The van der Waals surface area contributed by atoms with Crippen LogP contribution in [-0.4, -0.2) is 6.36 Å². The zero-order chi connectivity index (χ0) is 14.8. The van der Waals surface area contributed by atoms with Gasteiger partial charge in [0.05, 0.1) is 11.6 Å². The van der Waals surface area contributed by atoms with Gasteiger partial charge in [0.25, 0.3) is 0 Å². The first-order valence-electron chi connectivity index (χ1n) is 5.45. The molecule has 102 valence electrons. The molecule has 6 heteroatoms. The fourth-order valence-corrected chi connectivity index (χ4v) is 1.90. The number of ether oxygens (including phenoxy) is 1. The molecule has 0 saturated carbocycles. The first-order chi connectivity index (χ1) is 9.39. The second-order valence-corrected chi connectivity index (χ2v) is 4.29. The molecule has 0 heterocycles. The van der Waals surface area contributed by atoms with Crippen LogP contribution in [0.25, 0.3) is 11.1 Å². The number of benzene rings is 2. The zero-order valence-electron chi connectivity index (χ0n) is 9.91. The minimum absolute atomic E-state index is 0.339. The third-order valence-corrected chi connectivity index (χ3v) is 2.80. The molecule has 2 rings (SSSR count). The summed E-state index contributed by atoms with van der Waals surface area (Å²) in [5.74, 6) is -0.339. The predicted molar refractivity (Wildman–Crippen MR) is 68.3 cm³/mol. The largest absolute Gasteiger partial charge is 0.573 e. The van der Waals surface area contributed by atoms with Gasteiger partial charge in [0.2, 0.25) is 0 Å². The van der Waals surface area contributed by atoms with Crippen molar-refractivity contribution in [1.29, 1.82) is 5.26 Å². The standard InChI is InChI=1S/C14H7ClF3NO/c15-13-5-4-9(8-19)6-12(13)10-2-1-3-11(7-10)20-14(16,17)18/h1-7H. The van der Waals surface area contributed by atoms with Crippen molar-refractivity contribution in [3.05, 3.63) is 53.1 Å². The number of rotatable bonds is 2. The Morgan fingerprint density at radius 3 is 2.50 bits per heavy atom. The lowest BCUT2D eigenvalue weighted by Gasteiger charge is -2.11. The molecule has 0 spiro atoms. The molecule has 0 aliphatic heterocycles. The zero-order valence-corrected chi connectivity index (χ0v) is 10.7. The fraction of sp³-hybridized carbons (Fsp3) is 0.0714. The summed E-state index contributed by atoms with van der Waals surface area (Å²) in [7, 11) is 0. The Labute approximate surface area is 118 Å². The monoisotopic (exact) mass is 297 g/mol. The Hall–Kier alpha value is -2.19. The maximum atomic E-state index is 12.2. The highest BCUT2D eigenvalue weighted by Crippen LogP contribution is 2.32. The van der Waals surface area contributed by atoms with Crippen LogP contribution in [0.2, 0.25) is 5.02 Å². The van der Waals surface area contributed by atoms with Crippen LogP contribution >= 0.6 is 11.6 Å². The summed E-state index contributed by atoms with van der Waals surface area (Å²) in [5.41, 5.74) is 1.28. The Kier molecular flexibility index (Phi) is 3.86. The van der Waals surface area contributed by atoms with E-state index in [1.165, 1.54) is 36.4 Å². The molecule has 0 fully saturated rings. The summed E-state index contributed by atoms with van der Waals surface area (Å²) in [6, 6.07) is 11.9. The van der Waals surface area contributed by atoms with E-state index in [0.717, 1.165) is 0 Å².